The molecule has 1 aliphatic carbocycles. The summed E-state index contributed by atoms with van der Waals surface area (Å²) in [6.07, 6.45) is 4.21. The van der Waals surface area contributed by atoms with Crippen molar-refractivity contribution in [3.05, 3.63) is 102 Å². The van der Waals surface area contributed by atoms with Crippen LogP contribution in [-0.4, -0.2) is 16.9 Å². The Hall–Kier alpha value is -3.85. The van der Waals surface area contributed by atoms with Crippen molar-refractivity contribution >= 4 is 44.4 Å². The number of aromatic nitrogens is 1. The van der Waals surface area contributed by atoms with Crippen molar-refractivity contribution in [2.24, 2.45) is 4.99 Å². The van der Waals surface area contributed by atoms with Gasteiger partial charge in [-0.2, -0.15) is 0 Å². The highest BCUT2D eigenvalue weighted by Crippen LogP contribution is 2.46. The Kier molecular flexibility index (Phi) is 3.11. The van der Waals surface area contributed by atoms with Crippen molar-refractivity contribution in [2.75, 3.05) is 0 Å². The maximum Gasteiger partial charge on any atom is 0.217 e. The molecule has 1 aliphatic heterocycles. The summed E-state index contributed by atoms with van der Waals surface area (Å²) in [7, 11) is 0. The predicted molar refractivity (Wildman–Crippen MR) is 123 cm³/mol. The van der Waals surface area contributed by atoms with Gasteiger partial charge in [0.25, 0.3) is 0 Å². The standard InChI is InChI=1S/C27H18N2O/c1-2-8-16(9-3-1)27-29-22-15-14-21-24(26(22)30-27)23-19-12-6-4-10-17(19)18-11-5-7-13-20(18)25(23)28-21/h1-15,22,26,28H. The molecule has 1 N–H and O–H groups in total. The van der Waals surface area contributed by atoms with Crippen molar-refractivity contribution in [3.8, 4) is 0 Å². The number of fused-ring (bicyclic) bond motifs is 10. The van der Waals surface area contributed by atoms with Crippen molar-refractivity contribution in [3.63, 3.8) is 0 Å². The third kappa shape index (κ3) is 2.07. The van der Waals surface area contributed by atoms with E-state index < -0.39 is 0 Å². The molecule has 0 amide bonds. The number of nitrogens with one attached hydrogen (secondary N) is 1. The summed E-state index contributed by atoms with van der Waals surface area (Å²) in [5.74, 6) is 0.725. The first-order valence-corrected chi connectivity index (χ1v) is 10.3. The molecule has 3 nitrogen and oxygen atoms in total. The molecule has 4 aromatic carbocycles. The molecule has 0 radical (unpaired) electrons. The molecule has 0 spiro atoms. The Bertz CT molecular complexity index is 1520. The van der Waals surface area contributed by atoms with Crippen molar-refractivity contribution in [2.45, 2.75) is 12.1 Å². The maximum absolute atomic E-state index is 6.48. The van der Waals surface area contributed by atoms with Gasteiger partial charge in [-0.3, -0.25) is 0 Å². The summed E-state index contributed by atoms with van der Waals surface area (Å²) in [6.45, 7) is 0. The first-order chi connectivity index (χ1) is 14.9. The largest absolute Gasteiger partial charge is 0.466 e. The average Bonchev–Trinajstić information content (AvgIpc) is 3.42. The Morgan fingerprint density at radius 3 is 2.20 bits per heavy atom. The van der Waals surface area contributed by atoms with E-state index in [1.165, 1.54) is 38.0 Å². The van der Waals surface area contributed by atoms with Gasteiger partial charge in [0.05, 0.1) is 5.52 Å². The van der Waals surface area contributed by atoms with Gasteiger partial charge in [-0.25, -0.2) is 4.99 Å². The van der Waals surface area contributed by atoms with E-state index in [9.17, 15) is 0 Å². The molecule has 7 rings (SSSR count). The molecular formula is C27H18N2O. The molecule has 3 heteroatoms. The highest BCUT2D eigenvalue weighted by atomic mass is 16.5. The summed E-state index contributed by atoms with van der Waals surface area (Å²) in [5.41, 5.74) is 4.54. The van der Waals surface area contributed by atoms with Crippen LogP contribution in [0.3, 0.4) is 0 Å². The third-order valence-electron chi connectivity index (χ3n) is 6.33. The van der Waals surface area contributed by atoms with Gasteiger partial charge in [0.1, 0.15) is 6.04 Å². The summed E-state index contributed by atoms with van der Waals surface area (Å²) in [5, 5.41) is 6.30. The lowest BCUT2D eigenvalue weighted by molar-refractivity contribution is 0.211. The van der Waals surface area contributed by atoms with E-state index in [1.54, 1.807) is 0 Å². The van der Waals surface area contributed by atoms with E-state index in [0.717, 1.165) is 17.2 Å². The van der Waals surface area contributed by atoms with Crippen molar-refractivity contribution < 1.29 is 4.74 Å². The number of benzene rings is 4. The molecule has 30 heavy (non-hydrogen) atoms. The van der Waals surface area contributed by atoms with E-state index in [0.29, 0.717) is 0 Å². The molecule has 0 saturated heterocycles. The molecule has 0 fully saturated rings. The van der Waals surface area contributed by atoms with Gasteiger partial charge in [0, 0.05) is 27.6 Å². The fourth-order valence-electron chi connectivity index (χ4n) is 5.03. The molecule has 2 atom stereocenters. The zero-order valence-electron chi connectivity index (χ0n) is 16.2. The van der Waals surface area contributed by atoms with Gasteiger partial charge in [-0.1, -0.05) is 72.8 Å². The molecule has 2 aliphatic rings. The molecule has 5 aromatic rings. The van der Waals surface area contributed by atoms with Crippen LogP contribution in [0.25, 0.3) is 38.5 Å². The predicted octanol–water partition coefficient (Wildman–Crippen LogP) is 6.39. The van der Waals surface area contributed by atoms with Crippen molar-refractivity contribution in [1.82, 2.24) is 4.98 Å². The Labute approximate surface area is 173 Å². The monoisotopic (exact) mass is 386 g/mol. The number of aliphatic imine (C=N–C) groups is 1. The van der Waals surface area contributed by atoms with Gasteiger partial charge in [0.15, 0.2) is 6.10 Å². The van der Waals surface area contributed by atoms with E-state index in [1.807, 2.05) is 18.2 Å². The topological polar surface area (TPSA) is 37.4 Å². The molecular weight excluding hydrogens is 368 g/mol. The van der Waals surface area contributed by atoms with Gasteiger partial charge >= 0.3 is 0 Å². The second-order valence-corrected chi connectivity index (χ2v) is 7.98. The molecule has 142 valence electrons. The zero-order valence-corrected chi connectivity index (χ0v) is 16.2. The van der Waals surface area contributed by atoms with E-state index in [-0.39, 0.29) is 12.1 Å². The molecule has 1 aromatic heterocycles. The number of ether oxygens (including phenoxy) is 1. The summed E-state index contributed by atoms with van der Waals surface area (Å²) < 4.78 is 6.48. The van der Waals surface area contributed by atoms with Crippen LogP contribution in [0.15, 0.2) is 89.9 Å². The van der Waals surface area contributed by atoms with E-state index in [4.69, 9.17) is 9.73 Å². The lowest BCUT2D eigenvalue weighted by Crippen LogP contribution is -2.15. The molecule has 2 unspecified atom stereocenters. The second kappa shape index (κ2) is 5.83. The van der Waals surface area contributed by atoms with Gasteiger partial charge in [-0.05, 0) is 34.4 Å². The highest BCUT2D eigenvalue weighted by Gasteiger charge is 2.37. The minimum atomic E-state index is -0.112. The van der Waals surface area contributed by atoms with E-state index >= 15 is 0 Å². The van der Waals surface area contributed by atoms with Crippen LogP contribution in [0.1, 0.15) is 22.9 Å². The number of hydrogen-bond donors (Lipinski definition) is 1. The number of H-pyrrole nitrogens is 1. The Morgan fingerprint density at radius 2 is 1.40 bits per heavy atom. The normalized spacial score (nSPS) is 19.7. The number of hydrogen-bond acceptors (Lipinski definition) is 2. The summed E-state index contributed by atoms with van der Waals surface area (Å²) in [4.78, 5) is 8.60. The Morgan fingerprint density at radius 1 is 0.733 bits per heavy atom. The van der Waals surface area contributed by atoms with Crippen LogP contribution in [0.2, 0.25) is 0 Å². The Balaban J connectivity index is 1.52. The summed E-state index contributed by atoms with van der Waals surface area (Å²) >= 11 is 0. The average molecular weight is 386 g/mol. The van der Waals surface area contributed by atoms with Crippen molar-refractivity contribution in [1.29, 1.82) is 0 Å². The van der Waals surface area contributed by atoms with Crippen LogP contribution >= 0.6 is 0 Å². The fourth-order valence-corrected chi connectivity index (χ4v) is 5.03. The van der Waals surface area contributed by atoms with Crippen LogP contribution in [0.5, 0.6) is 0 Å². The quantitative estimate of drug-likeness (QED) is 0.333. The second-order valence-electron chi connectivity index (χ2n) is 7.98. The smallest absolute Gasteiger partial charge is 0.217 e. The lowest BCUT2D eigenvalue weighted by Gasteiger charge is -2.20. The third-order valence-corrected chi connectivity index (χ3v) is 6.33. The number of nitrogens with zero attached hydrogens (tertiary/aromatic N) is 1. The zero-order chi connectivity index (χ0) is 19.7. The van der Waals surface area contributed by atoms with Gasteiger partial charge in [0.2, 0.25) is 5.90 Å². The summed E-state index contributed by atoms with van der Waals surface area (Å²) in [6, 6.07) is 27.5. The molecule has 2 heterocycles. The minimum Gasteiger partial charge on any atom is -0.466 e. The number of rotatable bonds is 1. The number of aromatic amines is 1. The first-order valence-electron chi connectivity index (χ1n) is 10.3. The van der Waals surface area contributed by atoms with E-state index in [2.05, 4.69) is 77.8 Å². The minimum absolute atomic E-state index is 0.00283. The SMILES string of the molecule is C1=CC2N=C(c3ccccc3)OC2c2c1[nH]c1c3ccccc3c3ccccc3c21. The fraction of sp³-hybridized carbons (Fsp3) is 0.0741. The highest BCUT2D eigenvalue weighted by molar-refractivity contribution is 6.26. The van der Waals surface area contributed by atoms with Gasteiger partial charge < -0.3 is 9.72 Å². The van der Waals surface area contributed by atoms with Gasteiger partial charge in [-0.15, -0.1) is 0 Å². The molecule has 0 bridgehead atoms. The van der Waals surface area contributed by atoms with Crippen LogP contribution < -0.4 is 0 Å². The van der Waals surface area contributed by atoms with Crippen LogP contribution in [-0.2, 0) is 4.74 Å². The van der Waals surface area contributed by atoms with Crippen LogP contribution in [0.4, 0.5) is 0 Å². The van der Waals surface area contributed by atoms with Crippen LogP contribution in [0, 0.1) is 0 Å². The lowest BCUT2D eigenvalue weighted by atomic mass is 9.90. The first kappa shape index (κ1) is 16.0. The molecule has 0 saturated carbocycles. The maximum atomic E-state index is 6.48.